The third-order valence-corrected chi connectivity index (χ3v) is 2.99. The van der Waals surface area contributed by atoms with Gasteiger partial charge in [-0.3, -0.25) is 4.79 Å². The first-order valence-corrected chi connectivity index (χ1v) is 6.64. The van der Waals surface area contributed by atoms with Gasteiger partial charge in [-0.1, -0.05) is 38.8 Å². The van der Waals surface area contributed by atoms with E-state index in [1.54, 1.807) is 0 Å². The van der Waals surface area contributed by atoms with Gasteiger partial charge < -0.3 is 10.5 Å². The molecule has 0 aromatic heterocycles. The van der Waals surface area contributed by atoms with Crippen LogP contribution in [0.4, 0.5) is 5.69 Å². The molecule has 0 aliphatic rings. The van der Waals surface area contributed by atoms with Gasteiger partial charge in [0.15, 0.2) is 0 Å². The van der Waals surface area contributed by atoms with Gasteiger partial charge in [-0.05, 0) is 30.0 Å². The highest BCUT2D eigenvalue weighted by atomic mass is 16.5. The number of hydrogen-bond donors (Lipinski definition) is 1. The summed E-state index contributed by atoms with van der Waals surface area (Å²) in [6.07, 6.45) is 3.63. The zero-order chi connectivity index (χ0) is 13.4. The van der Waals surface area contributed by atoms with E-state index in [-0.39, 0.29) is 11.9 Å². The number of anilines is 1. The van der Waals surface area contributed by atoms with Crippen molar-refractivity contribution in [2.24, 2.45) is 0 Å². The zero-order valence-electron chi connectivity index (χ0n) is 11.3. The van der Waals surface area contributed by atoms with Crippen LogP contribution in [0, 0.1) is 0 Å². The lowest BCUT2D eigenvalue weighted by molar-refractivity contribution is -0.144. The Morgan fingerprint density at radius 1 is 1.28 bits per heavy atom. The van der Waals surface area contributed by atoms with E-state index in [1.165, 1.54) is 0 Å². The molecule has 1 unspecified atom stereocenters. The Bertz CT molecular complexity index is 359. The first-order valence-electron chi connectivity index (χ1n) is 6.64. The highest BCUT2D eigenvalue weighted by Crippen LogP contribution is 2.20. The molecular weight excluding hydrogens is 226 g/mol. The Hall–Kier alpha value is -1.51. The van der Waals surface area contributed by atoms with Gasteiger partial charge in [0.25, 0.3) is 0 Å². The Labute approximate surface area is 109 Å². The standard InChI is InChI=1S/C15H23NO2/c1-3-4-5-10-18-15(17)11-12(2)13-6-8-14(16)9-7-13/h6-9,12H,3-5,10-11,16H2,1-2H3. The molecule has 0 aliphatic heterocycles. The van der Waals surface area contributed by atoms with E-state index in [1.807, 2.05) is 31.2 Å². The fourth-order valence-electron chi connectivity index (χ4n) is 1.79. The van der Waals surface area contributed by atoms with Crippen molar-refractivity contribution in [3.05, 3.63) is 29.8 Å². The lowest BCUT2D eigenvalue weighted by Crippen LogP contribution is -2.09. The molecule has 0 fully saturated rings. The molecule has 0 spiro atoms. The summed E-state index contributed by atoms with van der Waals surface area (Å²) in [5.74, 6) is 0.0553. The number of carbonyl (C=O) groups is 1. The minimum Gasteiger partial charge on any atom is -0.466 e. The normalized spacial score (nSPS) is 12.1. The number of nitrogens with two attached hydrogens (primary N) is 1. The molecular formula is C15H23NO2. The summed E-state index contributed by atoms with van der Waals surface area (Å²) in [4.78, 5) is 11.6. The van der Waals surface area contributed by atoms with Crippen molar-refractivity contribution in [3.8, 4) is 0 Å². The van der Waals surface area contributed by atoms with Gasteiger partial charge in [0.1, 0.15) is 0 Å². The van der Waals surface area contributed by atoms with Crippen LogP contribution in [0.15, 0.2) is 24.3 Å². The molecule has 0 radical (unpaired) electrons. The summed E-state index contributed by atoms with van der Waals surface area (Å²) >= 11 is 0. The summed E-state index contributed by atoms with van der Waals surface area (Å²) in [5.41, 5.74) is 7.49. The van der Waals surface area contributed by atoms with Crippen molar-refractivity contribution in [2.75, 3.05) is 12.3 Å². The second-order valence-corrected chi connectivity index (χ2v) is 4.70. The molecule has 1 atom stereocenters. The van der Waals surface area contributed by atoms with E-state index < -0.39 is 0 Å². The summed E-state index contributed by atoms with van der Waals surface area (Å²) in [6.45, 7) is 4.70. The van der Waals surface area contributed by atoms with Crippen molar-refractivity contribution < 1.29 is 9.53 Å². The number of carbonyl (C=O) groups excluding carboxylic acids is 1. The predicted octanol–water partition coefficient (Wildman–Crippen LogP) is 3.50. The van der Waals surface area contributed by atoms with Gasteiger partial charge in [-0.2, -0.15) is 0 Å². The lowest BCUT2D eigenvalue weighted by atomic mass is 9.98. The molecule has 3 heteroatoms. The van der Waals surface area contributed by atoms with E-state index >= 15 is 0 Å². The number of benzene rings is 1. The maximum Gasteiger partial charge on any atom is 0.306 e. The largest absolute Gasteiger partial charge is 0.466 e. The van der Waals surface area contributed by atoms with Crippen molar-refractivity contribution in [2.45, 2.75) is 45.4 Å². The topological polar surface area (TPSA) is 52.3 Å². The Kier molecular flexibility index (Phi) is 6.26. The first kappa shape index (κ1) is 14.6. The van der Waals surface area contributed by atoms with Gasteiger partial charge in [-0.25, -0.2) is 0 Å². The van der Waals surface area contributed by atoms with Crippen LogP contribution < -0.4 is 5.73 Å². The molecule has 3 nitrogen and oxygen atoms in total. The third-order valence-electron chi connectivity index (χ3n) is 2.99. The fourth-order valence-corrected chi connectivity index (χ4v) is 1.79. The van der Waals surface area contributed by atoms with Crippen LogP contribution in [-0.4, -0.2) is 12.6 Å². The monoisotopic (exact) mass is 249 g/mol. The summed E-state index contributed by atoms with van der Waals surface area (Å²) < 4.78 is 5.20. The van der Waals surface area contributed by atoms with Gasteiger partial charge in [0, 0.05) is 5.69 Å². The average molecular weight is 249 g/mol. The van der Waals surface area contributed by atoms with E-state index in [4.69, 9.17) is 10.5 Å². The van der Waals surface area contributed by atoms with E-state index in [0.29, 0.717) is 13.0 Å². The highest BCUT2D eigenvalue weighted by Gasteiger charge is 2.12. The maximum atomic E-state index is 11.6. The van der Waals surface area contributed by atoms with Crippen LogP contribution >= 0.6 is 0 Å². The number of ether oxygens (including phenoxy) is 1. The summed E-state index contributed by atoms with van der Waals surface area (Å²) in [7, 11) is 0. The van der Waals surface area contributed by atoms with E-state index in [2.05, 4.69) is 6.92 Å². The number of hydrogen-bond acceptors (Lipinski definition) is 3. The van der Waals surface area contributed by atoms with Gasteiger partial charge in [0.05, 0.1) is 13.0 Å². The predicted molar refractivity (Wildman–Crippen MR) is 74.4 cm³/mol. The van der Waals surface area contributed by atoms with E-state index in [9.17, 15) is 4.79 Å². The Morgan fingerprint density at radius 3 is 2.56 bits per heavy atom. The molecule has 1 aromatic carbocycles. The van der Waals surface area contributed by atoms with Crippen LogP contribution in [0.25, 0.3) is 0 Å². The minimum atomic E-state index is -0.115. The first-order chi connectivity index (χ1) is 8.63. The summed E-state index contributed by atoms with van der Waals surface area (Å²) in [6, 6.07) is 7.64. The molecule has 0 bridgehead atoms. The second kappa shape index (κ2) is 7.75. The molecule has 18 heavy (non-hydrogen) atoms. The molecule has 0 saturated heterocycles. The maximum absolute atomic E-state index is 11.6. The van der Waals surface area contributed by atoms with Crippen molar-refractivity contribution in [3.63, 3.8) is 0 Å². The molecule has 2 N–H and O–H groups in total. The quantitative estimate of drug-likeness (QED) is 0.457. The third kappa shape index (κ3) is 5.21. The highest BCUT2D eigenvalue weighted by molar-refractivity contribution is 5.70. The molecule has 0 heterocycles. The Morgan fingerprint density at radius 2 is 1.94 bits per heavy atom. The van der Waals surface area contributed by atoms with Crippen LogP contribution in [0.3, 0.4) is 0 Å². The molecule has 0 amide bonds. The molecule has 0 saturated carbocycles. The summed E-state index contributed by atoms with van der Waals surface area (Å²) in [5, 5.41) is 0. The molecule has 100 valence electrons. The molecule has 1 aromatic rings. The van der Waals surface area contributed by atoms with Crippen LogP contribution in [0.2, 0.25) is 0 Å². The number of nitrogen functional groups attached to an aromatic ring is 1. The van der Waals surface area contributed by atoms with Crippen LogP contribution in [0.5, 0.6) is 0 Å². The second-order valence-electron chi connectivity index (χ2n) is 4.70. The van der Waals surface area contributed by atoms with Gasteiger partial charge >= 0.3 is 5.97 Å². The number of unbranched alkanes of at least 4 members (excludes halogenated alkanes) is 2. The lowest BCUT2D eigenvalue weighted by Gasteiger charge is -2.11. The molecule has 0 aliphatic carbocycles. The SMILES string of the molecule is CCCCCOC(=O)CC(C)c1ccc(N)cc1. The van der Waals surface area contributed by atoms with E-state index in [0.717, 1.165) is 30.5 Å². The van der Waals surface area contributed by atoms with Crippen LogP contribution in [0.1, 0.15) is 51.0 Å². The van der Waals surface area contributed by atoms with Gasteiger partial charge in [0.2, 0.25) is 0 Å². The van der Waals surface area contributed by atoms with Crippen molar-refractivity contribution >= 4 is 11.7 Å². The fraction of sp³-hybridized carbons (Fsp3) is 0.533. The van der Waals surface area contributed by atoms with Crippen LogP contribution in [-0.2, 0) is 9.53 Å². The Balaban J connectivity index is 2.33. The average Bonchev–Trinajstić information content (AvgIpc) is 2.35. The zero-order valence-corrected chi connectivity index (χ0v) is 11.3. The number of rotatable bonds is 7. The van der Waals surface area contributed by atoms with Gasteiger partial charge in [-0.15, -0.1) is 0 Å². The minimum absolute atomic E-state index is 0.115. The smallest absolute Gasteiger partial charge is 0.306 e. The van der Waals surface area contributed by atoms with Crippen molar-refractivity contribution in [1.29, 1.82) is 0 Å². The number of esters is 1. The van der Waals surface area contributed by atoms with Crippen molar-refractivity contribution in [1.82, 2.24) is 0 Å². The molecule has 1 rings (SSSR count).